The molecule has 0 amide bonds. The molecule has 0 aromatic heterocycles. The second-order valence-corrected chi connectivity index (χ2v) is 1.79. The van der Waals surface area contributed by atoms with Gasteiger partial charge in [0.1, 0.15) is 0 Å². The minimum absolute atomic E-state index is 0.454. The summed E-state index contributed by atoms with van der Waals surface area (Å²) in [7, 11) is 7.36. The maximum Gasteiger partial charge on any atom is 0.0721 e. The van der Waals surface area contributed by atoms with Crippen molar-refractivity contribution in [2.45, 2.75) is 18.3 Å². The zero-order valence-corrected chi connectivity index (χ0v) is 3.94. The van der Waals surface area contributed by atoms with Gasteiger partial charge in [0.2, 0.25) is 0 Å². The molecule has 0 aromatic carbocycles. The first kappa shape index (κ1) is 4.19. The number of nitrogens with one attached hydrogen (secondary N) is 1. The Hall–Kier alpha value is 0.0249. The molecule has 0 saturated heterocycles. The lowest BCUT2D eigenvalue weighted by Gasteiger charge is -1.85. The summed E-state index contributed by atoms with van der Waals surface area (Å²) >= 11 is 0. The van der Waals surface area contributed by atoms with Gasteiger partial charge in [-0.25, -0.2) is 0 Å². The fourth-order valence-corrected chi connectivity index (χ4v) is 0.547. The van der Waals surface area contributed by atoms with Crippen LogP contribution in [0, 0.1) is 0 Å². The van der Waals surface area contributed by atoms with Crippen molar-refractivity contribution in [3.63, 3.8) is 0 Å². The highest BCUT2D eigenvalue weighted by molar-refractivity contribution is 6.14. The Morgan fingerprint density at radius 2 is 2.33 bits per heavy atom. The summed E-state index contributed by atoms with van der Waals surface area (Å²) < 4.78 is 0. The molecular formula is C4H8BN. The molecule has 0 aliphatic heterocycles. The van der Waals surface area contributed by atoms with Crippen LogP contribution in [0.2, 0.25) is 5.82 Å². The van der Waals surface area contributed by atoms with Gasteiger partial charge in [0, 0.05) is 6.04 Å². The molecule has 0 aromatic rings. The first-order valence-electron chi connectivity index (χ1n) is 2.27. The molecule has 1 aliphatic rings. The van der Waals surface area contributed by atoms with Gasteiger partial charge < -0.3 is 5.32 Å². The lowest BCUT2D eigenvalue weighted by atomic mass is 10.0. The van der Waals surface area contributed by atoms with E-state index in [1.807, 2.05) is 7.05 Å². The van der Waals surface area contributed by atoms with E-state index in [1.165, 1.54) is 0 Å². The molecule has 2 radical (unpaired) electrons. The van der Waals surface area contributed by atoms with Crippen molar-refractivity contribution in [3.8, 4) is 0 Å². The average Bonchev–Trinajstić information content (AvgIpc) is 2.19. The van der Waals surface area contributed by atoms with E-state index in [-0.39, 0.29) is 0 Å². The molecule has 1 nitrogen and oxygen atoms in total. The lowest BCUT2D eigenvalue weighted by molar-refractivity contribution is 0.810. The van der Waals surface area contributed by atoms with Crippen LogP contribution in [0.1, 0.15) is 6.42 Å². The van der Waals surface area contributed by atoms with Gasteiger partial charge in [-0.1, -0.05) is 5.82 Å². The Morgan fingerprint density at radius 1 is 1.83 bits per heavy atom. The molecular weight excluding hydrogens is 72.9 g/mol. The Bertz CT molecular complexity index is 53.5. The molecule has 2 heteroatoms. The molecule has 1 fully saturated rings. The van der Waals surface area contributed by atoms with Gasteiger partial charge >= 0.3 is 0 Å². The third-order valence-electron chi connectivity index (χ3n) is 1.21. The third-order valence-corrected chi connectivity index (χ3v) is 1.21. The number of rotatable bonds is 1. The van der Waals surface area contributed by atoms with E-state index >= 15 is 0 Å². The first-order chi connectivity index (χ1) is 2.84. The molecule has 1 saturated carbocycles. The van der Waals surface area contributed by atoms with E-state index in [2.05, 4.69) is 5.32 Å². The Labute approximate surface area is 39.5 Å². The van der Waals surface area contributed by atoms with Crippen LogP contribution in [-0.2, 0) is 0 Å². The summed E-state index contributed by atoms with van der Waals surface area (Å²) in [6, 6.07) is 0.630. The third kappa shape index (κ3) is 0.572. The molecule has 0 spiro atoms. The quantitative estimate of drug-likeness (QED) is 0.436. The number of hydrogen-bond donors (Lipinski definition) is 1. The predicted octanol–water partition coefficient (Wildman–Crippen LogP) is -0.0649. The van der Waals surface area contributed by atoms with Crippen LogP contribution in [0.5, 0.6) is 0 Å². The predicted molar refractivity (Wildman–Crippen MR) is 27.0 cm³/mol. The fraction of sp³-hybridized carbons (Fsp3) is 1.00. The highest BCUT2D eigenvalue weighted by atomic mass is 14.9. The number of hydrogen-bond acceptors (Lipinski definition) is 1. The van der Waals surface area contributed by atoms with Crippen LogP contribution in [0.3, 0.4) is 0 Å². The second-order valence-electron chi connectivity index (χ2n) is 1.79. The van der Waals surface area contributed by atoms with Crippen LogP contribution in [-0.4, -0.2) is 20.9 Å². The van der Waals surface area contributed by atoms with Crippen molar-refractivity contribution in [3.05, 3.63) is 0 Å². The zero-order chi connectivity index (χ0) is 4.57. The minimum atomic E-state index is 0.454. The van der Waals surface area contributed by atoms with Gasteiger partial charge in [0.25, 0.3) is 0 Å². The molecule has 6 heavy (non-hydrogen) atoms. The van der Waals surface area contributed by atoms with Gasteiger partial charge in [-0.3, -0.25) is 0 Å². The summed E-state index contributed by atoms with van der Waals surface area (Å²) in [5.41, 5.74) is 0. The summed E-state index contributed by atoms with van der Waals surface area (Å²) in [4.78, 5) is 0. The van der Waals surface area contributed by atoms with Gasteiger partial charge in [0.05, 0.1) is 7.85 Å². The van der Waals surface area contributed by atoms with E-state index in [0.717, 1.165) is 6.42 Å². The lowest BCUT2D eigenvalue weighted by Crippen LogP contribution is -2.08. The van der Waals surface area contributed by atoms with E-state index in [1.54, 1.807) is 0 Å². The minimum Gasteiger partial charge on any atom is -0.317 e. The molecule has 2 atom stereocenters. The average molecular weight is 80.9 g/mol. The topological polar surface area (TPSA) is 12.0 Å². The largest absolute Gasteiger partial charge is 0.317 e. The van der Waals surface area contributed by atoms with Gasteiger partial charge in [-0.15, -0.1) is 0 Å². The van der Waals surface area contributed by atoms with E-state index in [9.17, 15) is 0 Å². The zero-order valence-electron chi connectivity index (χ0n) is 3.94. The highest BCUT2D eigenvalue weighted by Gasteiger charge is 2.29. The maximum atomic E-state index is 5.41. The first-order valence-corrected chi connectivity index (χ1v) is 2.27. The summed E-state index contributed by atoms with van der Waals surface area (Å²) in [6.45, 7) is 0. The molecule has 1 N–H and O–H groups in total. The van der Waals surface area contributed by atoms with E-state index in [0.29, 0.717) is 11.9 Å². The van der Waals surface area contributed by atoms with Crippen molar-refractivity contribution in [1.82, 2.24) is 5.32 Å². The van der Waals surface area contributed by atoms with Crippen molar-refractivity contribution >= 4 is 7.85 Å². The van der Waals surface area contributed by atoms with Crippen LogP contribution in [0.15, 0.2) is 0 Å². The Balaban J connectivity index is 2.09. The molecule has 32 valence electrons. The normalized spacial score (nSPS) is 42.8. The highest BCUT2D eigenvalue weighted by Crippen LogP contribution is 2.32. The van der Waals surface area contributed by atoms with Crippen molar-refractivity contribution in [2.24, 2.45) is 0 Å². The monoisotopic (exact) mass is 81.1 g/mol. The van der Waals surface area contributed by atoms with E-state index in [4.69, 9.17) is 7.85 Å². The fourth-order valence-electron chi connectivity index (χ4n) is 0.547. The van der Waals surface area contributed by atoms with E-state index < -0.39 is 0 Å². The van der Waals surface area contributed by atoms with Gasteiger partial charge in [-0.2, -0.15) is 0 Å². The van der Waals surface area contributed by atoms with Gasteiger partial charge in [0.15, 0.2) is 0 Å². The SMILES string of the molecule is [B]C1CC1NC. The van der Waals surface area contributed by atoms with Crippen molar-refractivity contribution in [2.75, 3.05) is 7.05 Å². The molecule has 0 bridgehead atoms. The van der Waals surface area contributed by atoms with Crippen LogP contribution in [0.4, 0.5) is 0 Å². The Morgan fingerprint density at radius 3 is 2.33 bits per heavy atom. The molecule has 2 unspecified atom stereocenters. The molecule has 0 heterocycles. The summed E-state index contributed by atoms with van der Waals surface area (Å²) in [5.74, 6) is 0.454. The molecule has 1 rings (SSSR count). The molecule has 1 aliphatic carbocycles. The van der Waals surface area contributed by atoms with Crippen molar-refractivity contribution < 1.29 is 0 Å². The van der Waals surface area contributed by atoms with Crippen molar-refractivity contribution in [1.29, 1.82) is 0 Å². The summed E-state index contributed by atoms with van der Waals surface area (Å²) in [5, 5.41) is 3.06. The Kier molecular flexibility index (Phi) is 0.883. The van der Waals surface area contributed by atoms with Crippen LogP contribution in [0.25, 0.3) is 0 Å². The van der Waals surface area contributed by atoms with Gasteiger partial charge in [-0.05, 0) is 13.5 Å². The second kappa shape index (κ2) is 1.26. The van der Waals surface area contributed by atoms with Crippen LogP contribution < -0.4 is 5.32 Å². The smallest absolute Gasteiger partial charge is 0.0721 e. The maximum absolute atomic E-state index is 5.41. The standard InChI is InChI=1S/C4H8BN/c1-6-4-2-3(4)5/h3-4,6H,2H2,1H3. The van der Waals surface area contributed by atoms with Crippen LogP contribution >= 0.6 is 0 Å². The summed E-state index contributed by atoms with van der Waals surface area (Å²) in [6.07, 6.45) is 1.16.